The molecule has 0 aromatic rings. The van der Waals surface area contributed by atoms with Crippen molar-refractivity contribution >= 4 is 39.5 Å². The highest BCUT2D eigenvalue weighted by molar-refractivity contribution is 7.47. The summed E-state index contributed by atoms with van der Waals surface area (Å²) in [7, 11) is -9.89. The summed E-state index contributed by atoms with van der Waals surface area (Å²) in [6, 6.07) is 0. The lowest BCUT2D eigenvalue weighted by Gasteiger charge is -2.21. The van der Waals surface area contributed by atoms with E-state index in [0.717, 1.165) is 114 Å². The molecule has 0 amide bonds. The highest BCUT2D eigenvalue weighted by atomic mass is 31.2. The van der Waals surface area contributed by atoms with Gasteiger partial charge >= 0.3 is 39.5 Å². The third-order valence-corrected chi connectivity index (χ3v) is 18.1. The first-order valence-corrected chi connectivity index (χ1v) is 38.9. The average molecular weight is 1300 g/mol. The zero-order chi connectivity index (χ0) is 65.2. The fourth-order valence-corrected chi connectivity index (χ4v) is 11.9. The van der Waals surface area contributed by atoms with Gasteiger partial charge in [-0.05, 0) is 43.4 Å². The van der Waals surface area contributed by atoms with E-state index in [9.17, 15) is 43.2 Å². The molecule has 3 unspecified atom stereocenters. The van der Waals surface area contributed by atoms with E-state index in [1.165, 1.54) is 148 Å². The molecule has 0 aliphatic rings. The molecule has 0 aliphatic carbocycles. The second-order valence-electron chi connectivity index (χ2n) is 26.1. The van der Waals surface area contributed by atoms with Crippen molar-refractivity contribution in [1.82, 2.24) is 0 Å². The molecule has 522 valence electrons. The Bertz CT molecular complexity index is 1730. The molecule has 17 nitrogen and oxygen atoms in total. The van der Waals surface area contributed by atoms with Gasteiger partial charge in [0.2, 0.25) is 0 Å². The summed E-state index contributed by atoms with van der Waals surface area (Å²) in [6.45, 7) is 11.7. The lowest BCUT2D eigenvalue weighted by atomic mass is 10.00. The van der Waals surface area contributed by atoms with Crippen LogP contribution in [0.2, 0.25) is 0 Å². The summed E-state index contributed by atoms with van der Waals surface area (Å²) in [6.07, 6.45) is 43.5. The van der Waals surface area contributed by atoms with Crippen molar-refractivity contribution in [2.24, 2.45) is 17.8 Å². The molecule has 0 rings (SSSR count). The van der Waals surface area contributed by atoms with Crippen LogP contribution in [0.15, 0.2) is 0 Å². The molecule has 0 radical (unpaired) electrons. The van der Waals surface area contributed by atoms with Crippen molar-refractivity contribution in [2.45, 2.75) is 362 Å². The quantitative estimate of drug-likeness (QED) is 0.0222. The highest BCUT2D eigenvalue weighted by Gasteiger charge is 2.30. The molecule has 0 saturated heterocycles. The fraction of sp³-hybridized carbons (Fsp3) is 0.942. The first-order chi connectivity index (χ1) is 42.3. The van der Waals surface area contributed by atoms with Gasteiger partial charge in [0.15, 0.2) is 12.2 Å². The fourth-order valence-electron chi connectivity index (χ4n) is 10.3. The van der Waals surface area contributed by atoms with E-state index in [0.29, 0.717) is 25.7 Å². The zero-order valence-electron chi connectivity index (χ0n) is 57.2. The number of rotatable bonds is 67. The smallest absolute Gasteiger partial charge is 0.462 e. The Hall–Kier alpha value is -1.94. The number of hydrogen-bond donors (Lipinski definition) is 3. The number of carbonyl (C=O) groups excluding carboxylic acids is 4. The molecule has 0 saturated carbocycles. The van der Waals surface area contributed by atoms with Crippen LogP contribution in [-0.2, 0) is 65.4 Å². The van der Waals surface area contributed by atoms with Gasteiger partial charge in [0.05, 0.1) is 26.4 Å². The van der Waals surface area contributed by atoms with Gasteiger partial charge in [0.25, 0.3) is 0 Å². The Morgan fingerprint density at radius 1 is 0.330 bits per heavy atom. The topological polar surface area (TPSA) is 237 Å². The summed E-state index contributed by atoms with van der Waals surface area (Å²) >= 11 is 0. The summed E-state index contributed by atoms with van der Waals surface area (Å²) in [5, 5.41) is 10.5. The molecule has 0 spiro atoms. The molecule has 3 N–H and O–H groups in total. The van der Waals surface area contributed by atoms with Crippen molar-refractivity contribution in [3.05, 3.63) is 0 Å². The van der Waals surface area contributed by atoms with Crippen LogP contribution in [-0.4, -0.2) is 96.7 Å². The minimum absolute atomic E-state index is 0.102. The summed E-state index contributed by atoms with van der Waals surface area (Å²) in [4.78, 5) is 72.2. The molecular weight excluding hydrogens is 1160 g/mol. The maximum Gasteiger partial charge on any atom is 0.472 e. The van der Waals surface area contributed by atoms with E-state index in [4.69, 9.17) is 37.0 Å². The van der Waals surface area contributed by atoms with Gasteiger partial charge in [-0.1, -0.05) is 292 Å². The van der Waals surface area contributed by atoms with Gasteiger partial charge in [-0.3, -0.25) is 37.3 Å². The van der Waals surface area contributed by atoms with Crippen LogP contribution in [0, 0.1) is 17.8 Å². The molecule has 0 aromatic heterocycles. The predicted octanol–water partition coefficient (Wildman–Crippen LogP) is 19.5. The molecule has 19 heteroatoms. The van der Waals surface area contributed by atoms with E-state index >= 15 is 0 Å². The number of phosphoric acid groups is 2. The molecule has 88 heavy (non-hydrogen) atoms. The van der Waals surface area contributed by atoms with E-state index in [-0.39, 0.29) is 25.7 Å². The van der Waals surface area contributed by atoms with Gasteiger partial charge in [-0.2, -0.15) is 0 Å². The van der Waals surface area contributed by atoms with Gasteiger partial charge in [-0.15, -0.1) is 0 Å². The maximum absolute atomic E-state index is 13.0. The first-order valence-electron chi connectivity index (χ1n) is 35.9. The van der Waals surface area contributed by atoms with E-state index in [1.54, 1.807) is 0 Å². The van der Waals surface area contributed by atoms with Crippen LogP contribution in [0.3, 0.4) is 0 Å². The molecule has 0 bridgehead atoms. The monoisotopic (exact) mass is 1300 g/mol. The standard InChI is InChI=1S/C69H134O17P2/c1-8-10-11-33-43-50-66(71)79-56-64(86-69(74)53-46-39-32-31-36-42-49-62(7)9-2)58-83-87(75,76)81-54-63(70)55-82-88(77,78)84-59-65(57-80-67(72)51-44-37-29-25-21-18-17-20-24-28-35-41-48-61(5)6)85-68(73)52-45-38-30-26-22-16-14-12-13-15-19-23-27-34-40-47-60(3)4/h60-65,70H,8-59H2,1-7H3,(H,75,76)(H,77,78)/t62?,63-,64+,65+/m0/s1. The molecule has 0 aliphatic heterocycles. The molecule has 6 atom stereocenters. The number of hydrogen-bond acceptors (Lipinski definition) is 15. The van der Waals surface area contributed by atoms with Gasteiger partial charge in [-0.25, -0.2) is 9.13 Å². The van der Waals surface area contributed by atoms with Crippen LogP contribution in [0.1, 0.15) is 344 Å². The van der Waals surface area contributed by atoms with Crippen molar-refractivity contribution in [1.29, 1.82) is 0 Å². The highest BCUT2D eigenvalue weighted by Crippen LogP contribution is 2.45. The number of aliphatic hydroxyl groups excluding tert-OH is 1. The minimum Gasteiger partial charge on any atom is -0.462 e. The van der Waals surface area contributed by atoms with Gasteiger partial charge in [0, 0.05) is 25.7 Å². The Kier molecular flexibility index (Phi) is 58.7. The third-order valence-electron chi connectivity index (χ3n) is 16.2. The van der Waals surface area contributed by atoms with Crippen molar-refractivity contribution in [3.8, 4) is 0 Å². The number of ether oxygens (including phenoxy) is 4. The second kappa shape index (κ2) is 60.0. The zero-order valence-corrected chi connectivity index (χ0v) is 59.0. The first kappa shape index (κ1) is 86.1. The van der Waals surface area contributed by atoms with Crippen molar-refractivity contribution in [2.75, 3.05) is 39.6 Å². The Morgan fingerprint density at radius 3 is 0.864 bits per heavy atom. The number of unbranched alkanes of at least 4 members (excludes halogenated alkanes) is 34. The Labute approximate surface area is 537 Å². The average Bonchev–Trinajstić information content (AvgIpc) is 3.58. The lowest BCUT2D eigenvalue weighted by molar-refractivity contribution is -0.161. The third kappa shape index (κ3) is 61.6. The SMILES string of the molecule is CCCCCCCC(=O)OC[C@H](COP(=O)(O)OC[C@H](O)COP(=O)(O)OC[C@@H](COC(=O)CCCCCCCCCCCCCCC(C)C)OC(=O)CCCCCCCCCCCCCCCCCC(C)C)OC(=O)CCCCCCCCC(C)CC. The normalized spacial score (nSPS) is 14.5. The number of aliphatic hydroxyl groups is 1. The summed E-state index contributed by atoms with van der Waals surface area (Å²) < 4.78 is 68.0. The second-order valence-corrected chi connectivity index (χ2v) is 29.0. The minimum atomic E-state index is -4.95. The Balaban J connectivity index is 5.16. The summed E-state index contributed by atoms with van der Waals surface area (Å²) in [5.74, 6) is 0.164. The van der Waals surface area contributed by atoms with Gasteiger partial charge < -0.3 is 33.8 Å². The predicted molar refractivity (Wildman–Crippen MR) is 354 cm³/mol. The van der Waals surface area contributed by atoms with Gasteiger partial charge in [0.1, 0.15) is 19.3 Å². The van der Waals surface area contributed by atoms with Crippen LogP contribution in [0.4, 0.5) is 0 Å². The van der Waals surface area contributed by atoms with E-state index in [2.05, 4.69) is 48.5 Å². The number of phosphoric ester groups is 2. The van der Waals surface area contributed by atoms with Crippen molar-refractivity contribution < 1.29 is 80.2 Å². The summed E-state index contributed by atoms with van der Waals surface area (Å²) in [5.41, 5.74) is 0. The molecule has 0 heterocycles. The Morgan fingerprint density at radius 2 is 0.580 bits per heavy atom. The largest absolute Gasteiger partial charge is 0.472 e. The van der Waals surface area contributed by atoms with Crippen molar-refractivity contribution in [3.63, 3.8) is 0 Å². The maximum atomic E-state index is 13.0. The van der Waals surface area contributed by atoms with E-state index < -0.39 is 97.5 Å². The molecule has 0 aromatic carbocycles. The molecular formula is C69H134O17P2. The number of esters is 4. The number of carbonyl (C=O) groups is 4. The van der Waals surface area contributed by atoms with Crippen LogP contribution < -0.4 is 0 Å². The lowest BCUT2D eigenvalue weighted by Crippen LogP contribution is -2.30. The molecule has 0 fully saturated rings. The van der Waals surface area contributed by atoms with Crippen LogP contribution >= 0.6 is 15.6 Å². The van der Waals surface area contributed by atoms with Crippen LogP contribution in [0.5, 0.6) is 0 Å². The van der Waals surface area contributed by atoms with E-state index in [1.807, 2.05) is 0 Å². The van der Waals surface area contributed by atoms with Crippen LogP contribution in [0.25, 0.3) is 0 Å².